The van der Waals surface area contributed by atoms with E-state index in [2.05, 4.69) is 42.5 Å². The summed E-state index contributed by atoms with van der Waals surface area (Å²) in [6, 6.07) is 23.0. The van der Waals surface area contributed by atoms with Gasteiger partial charge in [-0.1, -0.05) is 35.6 Å². The molecule has 6 aromatic rings. The lowest BCUT2D eigenvalue weighted by Gasteiger charge is -2.29. The van der Waals surface area contributed by atoms with E-state index in [4.69, 9.17) is 10.5 Å². The van der Waals surface area contributed by atoms with Crippen molar-refractivity contribution in [3.63, 3.8) is 0 Å². The molecule has 1 aliphatic heterocycles. The van der Waals surface area contributed by atoms with Crippen molar-refractivity contribution in [2.45, 2.75) is 25.8 Å². The number of fused-ring (bicyclic) bond motifs is 2. The van der Waals surface area contributed by atoms with Gasteiger partial charge in [0.2, 0.25) is 0 Å². The molecular weight excluding hydrogens is 633 g/mol. The Morgan fingerprint density at radius 2 is 1.96 bits per heavy atom. The number of benzene rings is 3. The number of carbonyl (C=O) groups excluding carboxylic acids is 2. The van der Waals surface area contributed by atoms with Crippen LogP contribution < -0.4 is 20.7 Å². The maximum atomic E-state index is 13.4. The fraction of sp³-hybridized carbons (Fsp3) is 0.176. The number of nitrogens with zero attached hydrogens (tertiary/aromatic N) is 5. The Morgan fingerprint density at radius 1 is 1.11 bits per heavy atom. The molecule has 234 valence electrons. The maximum absolute atomic E-state index is 13.4. The summed E-state index contributed by atoms with van der Waals surface area (Å²) >= 11 is 2.96. The summed E-state index contributed by atoms with van der Waals surface area (Å²) in [4.78, 5) is 37.6. The number of aromatic nitrogens is 4. The number of aromatic amines is 1. The average molecular weight is 661 g/mol. The molecule has 0 bridgehead atoms. The fourth-order valence-corrected chi connectivity index (χ4v) is 7.57. The zero-order chi connectivity index (χ0) is 32.3. The predicted octanol–water partition coefficient (Wildman–Crippen LogP) is 6.24. The summed E-state index contributed by atoms with van der Waals surface area (Å²) in [5.74, 6) is 0.734. The van der Waals surface area contributed by atoms with Crippen LogP contribution in [-0.2, 0) is 19.4 Å². The molecule has 1 aliphatic rings. The molecule has 0 atom stereocenters. The number of para-hydroxylation sites is 1. The molecule has 0 fully saturated rings. The van der Waals surface area contributed by atoms with E-state index in [0.29, 0.717) is 59.4 Å². The number of H-pyrrole nitrogens is 1. The third-order valence-corrected chi connectivity index (χ3v) is 10.1. The number of ether oxygens (including phenoxy) is 1. The Morgan fingerprint density at radius 3 is 2.77 bits per heavy atom. The smallest absolute Gasteiger partial charge is 0.257 e. The lowest BCUT2D eigenvalue weighted by atomic mass is 9.94. The lowest BCUT2D eigenvalue weighted by Crippen LogP contribution is -2.32. The van der Waals surface area contributed by atoms with Crippen LogP contribution in [0, 0.1) is 11.3 Å². The standard InChI is InChI=1S/C34H28N8O3S2/c35-17-24-30(40-41-31(24)36)21-10-12-22(13-11-21)45-16-4-9-29-27(19-43)38-34(47-29)42-15-14-20-5-3-6-23(25(20)18-42)32(44)39-33-37-26-7-1-2-8-28(26)46-33/h1-3,5-8,10-13,19H,4,9,14-16,18H2,(H3,36,40,41)(H,37,39,44). The summed E-state index contributed by atoms with van der Waals surface area (Å²) in [5, 5.41) is 20.4. The van der Waals surface area contributed by atoms with Gasteiger partial charge in [-0.25, -0.2) is 9.97 Å². The number of carbonyl (C=O) groups is 2. The molecule has 1 amide bonds. The first kappa shape index (κ1) is 30.1. The van der Waals surface area contributed by atoms with Gasteiger partial charge >= 0.3 is 0 Å². The number of nitrogens with two attached hydrogens (primary N) is 1. The molecule has 0 aliphatic carbocycles. The van der Waals surface area contributed by atoms with Gasteiger partial charge in [-0.15, -0.1) is 11.3 Å². The number of rotatable bonds is 10. The zero-order valence-corrected chi connectivity index (χ0v) is 26.7. The van der Waals surface area contributed by atoms with Gasteiger partial charge in [0.1, 0.15) is 34.6 Å². The second-order valence-electron chi connectivity index (χ2n) is 10.9. The summed E-state index contributed by atoms with van der Waals surface area (Å²) in [7, 11) is 0. The lowest BCUT2D eigenvalue weighted by molar-refractivity contribution is 0.102. The van der Waals surface area contributed by atoms with Gasteiger partial charge in [-0.05, 0) is 72.9 Å². The van der Waals surface area contributed by atoms with Crippen LogP contribution in [-0.4, -0.2) is 45.5 Å². The van der Waals surface area contributed by atoms with Gasteiger partial charge in [-0.3, -0.25) is 20.0 Å². The molecular formula is C34H28N8O3S2. The highest BCUT2D eigenvalue weighted by Crippen LogP contribution is 2.33. The molecule has 0 unspecified atom stereocenters. The summed E-state index contributed by atoms with van der Waals surface area (Å²) in [6.07, 6.45) is 2.90. The van der Waals surface area contributed by atoms with E-state index in [-0.39, 0.29) is 11.7 Å². The van der Waals surface area contributed by atoms with Gasteiger partial charge in [-0.2, -0.15) is 10.4 Å². The van der Waals surface area contributed by atoms with Gasteiger partial charge < -0.3 is 15.4 Å². The number of hydrogen-bond acceptors (Lipinski definition) is 11. The van der Waals surface area contributed by atoms with E-state index in [9.17, 15) is 14.9 Å². The van der Waals surface area contributed by atoms with Crippen molar-refractivity contribution >= 4 is 61.2 Å². The number of hydrogen-bond donors (Lipinski definition) is 3. The van der Waals surface area contributed by atoms with Crippen molar-refractivity contribution in [3.05, 3.63) is 99.6 Å². The first-order valence-electron chi connectivity index (χ1n) is 15.0. The van der Waals surface area contributed by atoms with Crippen LogP contribution in [0.1, 0.15) is 48.8 Å². The zero-order valence-electron chi connectivity index (χ0n) is 25.0. The third kappa shape index (κ3) is 6.16. The number of nitrogen functional groups attached to an aromatic ring is 1. The number of aldehydes is 1. The maximum Gasteiger partial charge on any atom is 0.257 e. The molecule has 4 N–H and O–H groups in total. The van der Waals surface area contributed by atoms with Crippen molar-refractivity contribution < 1.29 is 14.3 Å². The SMILES string of the molecule is N#Cc1c(-c2ccc(OCCCc3sc(N4CCc5cccc(C(=O)Nc6nc7ccccc7s6)c5C4)nc3C=O)cc2)n[nH]c1N. The summed E-state index contributed by atoms with van der Waals surface area (Å²) in [6.45, 7) is 1.71. The van der Waals surface area contributed by atoms with Crippen LogP contribution in [0.4, 0.5) is 16.1 Å². The Hall–Kier alpha value is -5.58. The average Bonchev–Trinajstić information content (AvgIpc) is 3.82. The van der Waals surface area contributed by atoms with Crippen molar-refractivity contribution in [3.8, 4) is 23.1 Å². The highest BCUT2D eigenvalue weighted by molar-refractivity contribution is 7.22. The summed E-state index contributed by atoms with van der Waals surface area (Å²) in [5.41, 5.74) is 11.3. The number of nitriles is 1. The van der Waals surface area contributed by atoms with E-state index in [1.54, 1.807) is 0 Å². The fourth-order valence-electron chi connectivity index (χ4n) is 5.61. The molecule has 3 aromatic carbocycles. The number of nitrogens with one attached hydrogen (secondary N) is 2. The minimum Gasteiger partial charge on any atom is -0.494 e. The first-order valence-corrected chi connectivity index (χ1v) is 16.6. The van der Waals surface area contributed by atoms with Crippen LogP contribution in [0.25, 0.3) is 21.5 Å². The summed E-state index contributed by atoms with van der Waals surface area (Å²) < 4.78 is 6.95. The van der Waals surface area contributed by atoms with Crippen LogP contribution in [0.2, 0.25) is 0 Å². The van der Waals surface area contributed by atoms with Crippen molar-refractivity contribution in [1.82, 2.24) is 20.2 Å². The van der Waals surface area contributed by atoms with Crippen LogP contribution in [0.3, 0.4) is 0 Å². The van der Waals surface area contributed by atoms with Gasteiger partial charge in [0.05, 0.1) is 16.8 Å². The number of anilines is 3. The third-order valence-electron chi connectivity index (χ3n) is 7.98. The van der Waals surface area contributed by atoms with Gasteiger partial charge in [0.15, 0.2) is 16.5 Å². The van der Waals surface area contributed by atoms with E-state index < -0.39 is 0 Å². The second-order valence-corrected chi connectivity index (χ2v) is 13.0. The number of thiazole rings is 2. The normalized spacial score (nSPS) is 12.4. The van der Waals surface area contributed by atoms with Crippen molar-refractivity contribution in [2.75, 3.05) is 29.1 Å². The van der Waals surface area contributed by atoms with Crippen LogP contribution >= 0.6 is 22.7 Å². The monoisotopic (exact) mass is 660 g/mol. The Bertz CT molecular complexity index is 2110. The highest BCUT2D eigenvalue weighted by Gasteiger charge is 2.25. The second kappa shape index (κ2) is 13.0. The van der Waals surface area contributed by atoms with Gasteiger partial charge in [0.25, 0.3) is 5.91 Å². The number of amides is 1. The molecule has 4 heterocycles. The quantitative estimate of drug-likeness (QED) is 0.114. The Balaban J connectivity index is 0.985. The highest BCUT2D eigenvalue weighted by atomic mass is 32.1. The molecule has 0 spiro atoms. The number of aryl methyl sites for hydroxylation is 1. The minimum atomic E-state index is -0.191. The predicted molar refractivity (Wildman–Crippen MR) is 183 cm³/mol. The molecule has 7 rings (SSSR count). The van der Waals surface area contributed by atoms with E-state index in [1.165, 1.54) is 22.7 Å². The Kier molecular flexibility index (Phi) is 8.35. The molecule has 11 nitrogen and oxygen atoms in total. The molecule has 13 heteroatoms. The largest absolute Gasteiger partial charge is 0.494 e. The van der Waals surface area contributed by atoms with E-state index in [0.717, 1.165) is 56.2 Å². The van der Waals surface area contributed by atoms with Crippen molar-refractivity contribution in [2.24, 2.45) is 0 Å². The molecule has 0 saturated carbocycles. The van der Waals surface area contributed by atoms with Crippen molar-refractivity contribution in [1.29, 1.82) is 5.26 Å². The first-order chi connectivity index (χ1) is 23.0. The topological polar surface area (TPSA) is 163 Å². The van der Waals surface area contributed by atoms with Crippen LogP contribution in [0.15, 0.2) is 66.7 Å². The minimum absolute atomic E-state index is 0.191. The van der Waals surface area contributed by atoms with Gasteiger partial charge in [0, 0.05) is 29.1 Å². The molecule has 47 heavy (non-hydrogen) atoms. The van der Waals surface area contributed by atoms with E-state index >= 15 is 0 Å². The molecule has 0 saturated heterocycles. The molecule has 0 radical (unpaired) electrons. The molecule has 3 aromatic heterocycles. The van der Waals surface area contributed by atoms with E-state index in [1.807, 2.05) is 60.7 Å². The Labute approximate surface area is 277 Å². The van der Waals surface area contributed by atoms with Crippen LogP contribution in [0.5, 0.6) is 5.75 Å².